The fraction of sp³-hybridized carbons (Fsp3) is 0.286. The molecule has 0 amide bonds. The Morgan fingerprint density at radius 2 is 2.18 bits per heavy atom. The van der Waals surface area contributed by atoms with Crippen LogP contribution in [-0.2, 0) is 0 Å². The van der Waals surface area contributed by atoms with E-state index in [2.05, 4.69) is 20.9 Å². The second-order valence-electron chi connectivity index (χ2n) is 2.33. The largest absolute Gasteiger partial charge is 0.377 e. The summed E-state index contributed by atoms with van der Waals surface area (Å²) in [6.07, 6.45) is 1.44. The van der Waals surface area contributed by atoms with E-state index in [9.17, 15) is 4.39 Å². The molecule has 1 rings (SSSR count). The number of rotatable bonds is 1. The first kappa shape index (κ1) is 8.46. The summed E-state index contributed by atoms with van der Waals surface area (Å²) >= 11 is 3.10. The van der Waals surface area contributed by atoms with Crippen LogP contribution in [0.2, 0.25) is 0 Å². The Morgan fingerprint density at radius 1 is 1.55 bits per heavy atom. The zero-order valence-electron chi connectivity index (χ0n) is 6.31. The Kier molecular flexibility index (Phi) is 2.44. The third kappa shape index (κ3) is 1.68. The minimum absolute atomic E-state index is 0.407. The smallest absolute Gasteiger partial charge is 0.229 e. The summed E-state index contributed by atoms with van der Waals surface area (Å²) in [5.74, 6) is -0.476. The summed E-state index contributed by atoms with van der Waals surface area (Å²) < 4.78 is 13.2. The highest BCUT2D eigenvalue weighted by Crippen LogP contribution is 2.25. The normalized spacial score (nSPS) is 9.82. The topological polar surface area (TPSA) is 16.1 Å². The van der Waals surface area contributed by atoms with Crippen molar-refractivity contribution < 1.29 is 4.39 Å². The number of aromatic nitrogens is 1. The van der Waals surface area contributed by atoms with Crippen LogP contribution >= 0.6 is 15.9 Å². The number of pyridine rings is 1. The van der Waals surface area contributed by atoms with E-state index < -0.39 is 5.95 Å². The molecular formula is C7H8BrFN2. The summed E-state index contributed by atoms with van der Waals surface area (Å²) in [5, 5.41) is 0. The molecule has 0 fully saturated rings. The van der Waals surface area contributed by atoms with Gasteiger partial charge >= 0.3 is 0 Å². The highest BCUT2D eigenvalue weighted by molar-refractivity contribution is 9.10. The van der Waals surface area contributed by atoms with Crippen LogP contribution in [0.15, 0.2) is 16.7 Å². The first-order valence-corrected chi connectivity index (χ1v) is 3.89. The Morgan fingerprint density at radius 3 is 2.64 bits per heavy atom. The monoisotopic (exact) mass is 218 g/mol. The SMILES string of the molecule is CN(C)c1ccnc(F)c1Br. The van der Waals surface area contributed by atoms with Crippen LogP contribution in [0.5, 0.6) is 0 Å². The summed E-state index contributed by atoms with van der Waals surface area (Å²) in [6.45, 7) is 0. The number of hydrogen-bond donors (Lipinski definition) is 0. The third-order valence-corrected chi connectivity index (χ3v) is 2.04. The molecule has 0 bridgehead atoms. The molecule has 0 unspecified atom stereocenters. The van der Waals surface area contributed by atoms with Crippen LogP contribution in [0.25, 0.3) is 0 Å². The quantitative estimate of drug-likeness (QED) is 0.672. The van der Waals surface area contributed by atoms with E-state index in [-0.39, 0.29) is 0 Å². The average molecular weight is 219 g/mol. The minimum atomic E-state index is -0.476. The van der Waals surface area contributed by atoms with Gasteiger partial charge in [-0.3, -0.25) is 0 Å². The molecule has 60 valence electrons. The molecule has 2 nitrogen and oxygen atoms in total. The van der Waals surface area contributed by atoms with Crippen molar-refractivity contribution in [2.24, 2.45) is 0 Å². The van der Waals surface area contributed by atoms with Gasteiger partial charge in [-0.2, -0.15) is 4.39 Å². The maximum absolute atomic E-state index is 12.8. The van der Waals surface area contributed by atoms with E-state index in [1.165, 1.54) is 6.20 Å². The molecule has 4 heteroatoms. The van der Waals surface area contributed by atoms with Gasteiger partial charge in [-0.25, -0.2) is 4.98 Å². The number of nitrogens with zero attached hydrogens (tertiary/aromatic N) is 2. The Balaban J connectivity index is 3.17. The Hall–Kier alpha value is -0.640. The first-order chi connectivity index (χ1) is 5.13. The molecule has 0 spiro atoms. The van der Waals surface area contributed by atoms with Crippen LogP contribution in [0, 0.1) is 5.95 Å². The predicted molar refractivity (Wildman–Crippen MR) is 46.2 cm³/mol. The molecular weight excluding hydrogens is 211 g/mol. The summed E-state index contributed by atoms with van der Waals surface area (Å²) in [7, 11) is 3.69. The number of halogens is 2. The second-order valence-corrected chi connectivity index (χ2v) is 3.12. The molecule has 0 aliphatic rings. The van der Waals surface area contributed by atoms with Crippen molar-refractivity contribution in [1.29, 1.82) is 0 Å². The van der Waals surface area contributed by atoms with Crippen molar-refractivity contribution in [3.63, 3.8) is 0 Å². The standard InChI is InChI=1S/C7H8BrFN2/c1-11(2)5-3-4-10-7(9)6(5)8/h3-4H,1-2H3. The Bertz CT molecular complexity index is 263. The van der Waals surface area contributed by atoms with Crippen molar-refractivity contribution >= 4 is 21.6 Å². The van der Waals surface area contributed by atoms with Gasteiger partial charge in [0.25, 0.3) is 0 Å². The molecule has 0 radical (unpaired) electrons. The van der Waals surface area contributed by atoms with Gasteiger partial charge in [-0.1, -0.05) is 0 Å². The van der Waals surface area contributed by atoms with E-state index in [4.69, 9.17) is 0 Å². The maximum Gasteiger partial charge on any atom is 0.229 e. The van der Waals surface area contributed by atoms with Crippen molar-refractivity contribution in [1.82, 2.24) is 4.98 Å². The molecule has 1 aromatic rings. The summed E-state index contributed by atoms with van der Waals surface area (Å²) in [4.78, 5) is 5.30. The van der Waals surface area contributed by atoms with Crippen molar-refractivity contribution in [2.75, 3.05) is 19.0 Å². The zero-order chi connectivity index (χ0) is 8.43. The number of anilines is 1. The van der Waals surface area contributed by atoms with Crippen molar-refractivity contribution in [2.45, 2.75) is 0 Å². The van der Waals surface area contributed by atoms with Gasteiger partial charge in [0.2, 0.25) is 5.95 Å². The van der Waals surface area contributed by atoms with E-state index >= 15 is 0 Å². The van der Waals surface area contributed by atoms with Crippen LogP contribution < -0.4 is 4.90 Å². The van der Waals surface area contributed by atoms with Crippen LogP contribution in [0.4, 0.5) is 10.1 Å². The predicted octanol–water partition coefficient (Wildman–Crippen LogP) is 2.05. The highest BCUT2D eigenvalue weighted by atomic mass is 79.9. The van der Waals surface area contributed by atoms with Gasteiger partial charge in [0.1, 0.15) is 0 Å². The van der Waals surface area contributed by atoms with Crippen molar-refractivity contribution in [3.8, 4) is 0 Å². The molecule has 1 aromatic heterocycles. The highest BCUT2D eigenvalue weighted by Gasteiger charge is 2.06. The Labute approximate surface area is 73.2 Å². The first-order valence-electron chi connectivity index (χ1n) is 3.10. The molecule has 0 aromatic carbocycles. The molecule has 0 aliphatic heterocycles. The average Bonchev–Trinajstić information content (AvgIpc) is 1.94. The lowest BCUT2D eigenvalue weighted by molar-refractivity contribution is 0.576. The fourth-order valence-corrected chi connectivity index (χ4v) is 1.34. The van der Waals surface area contributed by atoms with Crippen LogP contribution in [0.1, 0.15) is 0 Å². The molecule has 0 saturated heterocycles. The van der Waals surface area contributed by atoms with E-state index in [1.807, 2.05) is 19.0 Å². The van der Waals surface area contributed by atoms with E-state index in [0.29, 0.717) is 4.47 Å². The van der Waals surface area contributed by atoms with E-state index in [1.54, 1.807) is 6.07 Å². The molecule has 1 heterocycles. The van der Waals surface area contributed by atoms with E-state index in [0.717, 1.165) is 5.69 Å². The molecule has 11 heavy (non-hydrogen) atoms. The summed E-state index contributed by atoms with van der Waals surface area (Å²) in [5.41, 5.74) is 0.789. The maximum atomic E-state index is 12.8. The number of hydrogen-bond acceptors (Lipinski definition) is 2. The van der Waals surface area contributed by atoms with Gasteiger partial charge in [0, 0.05) is 20.3 Å². The minimum Gasteiger partial charge on any atom is -0.377 e. The second kappa shape index (κ2) is 3.17. The van der Waals surface area contributed by atoms with Gasteiger partial charge in [0.05, 0.1) is 10.2 Å². The van der Waals surface area contributed by atoms with Gasteiger partial charge in [-0.05, 0) is 22.0 Å². The van der Waals surface area contributed by atoms with Crippen LogP contribution in [0.3, 0.4) is 0 Å². The zero-order valence-corrected chi connectivity index (χ0v) is 7.89. The fourth-order valence-electron chi connectivity index (χ4n) is 0.754. The van der Waals surface area contributed by atoms with Crippen LogP contribution in [-0.4, -0.2) is 19.1 Å². The lowest BCUT2D eigenvalue weighted by Gasteiger charge is -2.13. The van der Waals surface area contributed by atoms with Crippen molar-refractivity contribution in [3.05, 3.63) is 22.7 Å². The lowest BCUT2D eigenvalue weighted by atomic mass is 10.4. The van der Waals surface area contributed by atoms with Gasteiger partial charge in [-0.15, -0.1) is 0 Å². The third-order valence-electron chi connectivity index (χ3n) is 1.31. The molecule has 0 aliphatic carbocycles. The summed E-state index contributed by atoms with van der Waals surface area (Å²) in [6, 6.07) is 1.74. The molecule has 0 N–H and O–H groups in total. The lowest BCUT2D eigenvalue weighted by Crippen LogP contribution is -2.10. The van der Waals surface area contributed by atoms with Gasteiger partial charge in [0.15, 0.2) is 0 Å². The molecule has 0 atom stereocenters. The van der Waals surface area contributed by atoms with Gasteiger partial charge < -0.3 is 4.90 Å². The molecule has 0 saturated carbocycles.